The lowest BCUT2D eigenvalue weighted by atomic mass is 9.69. The Morgan fingerprint density at radius 2 is 1.86 bits per heavy atom. The van der Waals surface area contributed by atoms with Crippen LogP contribution >= 0.6 is 0 Å². The zero-order chi connectivity index (χ0) is 30.7. The minimum Gasteiger partial charge on any atom is -0.497 e. The van der Waals surface area contributed by atoms with Crippen molar-refractivity contribution >= 4 is 11.5 Å². The first-order valence-corrected chi connectivity index (χ1v) is 16.0. The van der Waals surface area contributed by atoms with E-state index < -0.39 is 0 Å². The molecule has 3 heteroatoms. The lowest BCUT2D eigenvalue weighted by Crippen LogP contribution is -2.24. The highest BCUT2D eigenvalue weighted by atomic mass is 16.5. The Morgan fingerprint density at radius 1 is 1.12 bits per heavy atom. The molecular weight excluding hydrogens is 516 g/mol. The average molecular weight is 571 g/mol. The Balaban J connectivity index is 1.93. The second-order valence-electron chi connectivity index (χ2n) is 13.1. The predicted molar refractivity (Wildman–Crippen MR) is 178 cm³/mol. The highest BCUT2D eigenvalue weighted by Gasteiger charge is 2.34. The summed E-state index contributed by atoms with van der Waals surface area (Å²) >= 11 is 0. The molecule has 3 unspecified atom stereocenters. The van der Waals surface area contributed by atoms with Crippen molar-refractivity contribution in [1.29, 1.82) is 0 Å². The summed E-state index contributed by atoms with van der Waals surface area (Å²) in [7, 11) is 1.73. The quantitative estimate of drug-likeness (QED) is 0.121. The number of allylic oxidation sites excluding steroid dienone is 4. The zero-order valence-corrected chi connectivity index (χ0v) is 27.3. The van der Waals surface area contributed by atoms with Crippen LogP contribution in [-0.2, 0) is 16.1 Å². The number of hydrogen-bond donors (Lipinski definition) is 0. The smallest absolute Gasteiger partial charge is 0.331 e. The first-order valence-electron chi connectivity index (χ1n) is 16.0. The van der Waals surface area contributed by atoms with Crippen molar-refractivity contribution < 1.29 is 14.3 Å². The number of methoxy groups -OCH3 is 1. The molecule has 228 valence electrons. The van der Waals surface area contributed by atoms with Crippen LogP contribution in [0.5, 0.6) is 5.75 Å². The van der Waals surface area contributed by atoms with Crippen LogP contribution in [-0.4, -0.2) is 13.1 Å². The molecule has 2 aromatic rings. The van der Waals surface area contributed by atoms with Gasteiger partial charge in [0, 0.05) is 6.08 Å². The van der Waals surface area contributed by atoms with Crippen molar-refractivity contribution in [2.24, 2.45) is 17.3 Å². The maximum atomic E-state index is 12.8. The summed E-state index contributed by atoms with van der Waals surface area (Å²) in [4.78, 5) is 12.8. The molecule has 0 aromatic heterocycles. The van der Waals surface area contributed by atoms with Gasteiger partial charge in [0.1, 0.15) is 12.4 Å². The molecule has 1 aliphatic carbocycles. The Morgan fingerprint density at radius 3 is 2.50 bits per heavy atom. The third-order valence-electron chi connectivity index (χ3n) is 9.11. The molecule has 0 N–H and O–H groups in total. The highest BCUT2D eigenvalue weighted by molar-refractivity contribution is 5.90. The first-order chi connectivity index (χ1) is 20.1. The minimum atomic E-state index is -0.342. The van der Waals surface area contributed by atoms with Crippen LogP contribution in [0.1, 0.15) is 116 Å². The van der Waals surface area contributed by atoms with Gasteiger partial charge in [0.25, 0.3) is 0 Å². The number of unbranched alkanes of at least 4 members (excludes halogenated alkanes) is 2. The Labute approximate surface area is 256 Å². The first kappa shape index (κ1) is 33.4. The Kier molecular flexibility index (Phi) is 12.7. The second-order valence-corrected chi connectivity index (χ2v) is 13.1. The number of fused-ring (bicyclic) bond motifs is 1. The molecule has 0 heterocycles. The van der Waals surface area contributed by atoms with E-state index in [0.29, 0.717) is 11.8 Å². The van der Waals surface area contributed by atoms with Crippen LogP contribution in [0, 0.1) is 17.3 Å². The molecule has 0 amide bonds. The maximum Gasteiger partial charge on any atom is 0.331 e. The Hall–Kier alpha value is -3.07. The summed E-state index contributed by atoms with van der Waals surface area (Å²) in [5.41, 5.74) is 6.98. The summed E-state index contributed by atoms with van der Waals surface area (Å²) in [5, 5.41) is 0. The molecule has 42 heavy (non-hydrogen) atoms. The summed E-state index contributed by atoms with van der Waals surface area (Å²) < 4.78 is 11.2. The average Bonchev–Trinajstić information content (AvgIpc) is 3.08. The molecule has 1 aliphatic rings. The molecular formula is C39H54O3. The van der Waals surface area contributed by atoms with E-state index in [9.17, 15) is 4.79 Å². The summed E-state index contributed by atoms with van der Waals surface area (Å²) in [6.45, 7) is 18.7. The third kappa shape index (κ3) is 9.48. The van der Waals surface area contributed by atoms with Gasteiger partial charge in [0.05, 0.1) is 7.11 Å². The molecule has 3 nitrogen and oxygen atoms in total. The number of hydrogen-bond acceptors (Lipinski definition) is 3. The lowest BCUT2D eigenvalue weighted by molar-refractivity contribution is -0.139. The highest BCUT2D eigenvalue weighted by Crippen LogP contribution is 2.48. The molecule has 2 aromatic carbocycles. The van der Waals surface area contributed by atoms with E-state index in [2.05, 4.69) is 60.3 Å². The van der Waals surface area contributed by atoms with Crippen molar-refractivity contribution in [3.8, 4) is 5.75 Å². The van der Waals surface area contributed by atoms with Crippen molar-refractivity contribution in [1.82, 2.24) is 0 Å². The van der Waals surface area contributed by atoms with E-state index in [4.69, 9.17) is 9.47 Å². The van der Waals surface area contributed by atoms with Crippen LogP contribution in [0.25, 0.3) is 5.57 Å². The normalized spacial score (nSPS) is 18.0. The van der Waals surface area contributed by atoms with Gasteiger partial charge in [-0.15, -0.1) is 0 Å². The number of carbonyl (C=O) groups is 1. The summed E-state index contributed by atoms with van der Waals surface area (Å²) in [6, 6.07) is 16.2. The molecule has 0 fully saturated rings. The maximum absolute atomic E-state index is 12.8. The number of rotatable bonds is 15. The monoisotopic (exact) mass is 570 g/mol. The van der Waals surface area contributed by atoms with Gasteiger partial charge in [0.15, 0.2) is 0 Å². The van der Waals surface area contributed by atoms with E-state index in [1.807, 2.05) is 42.5 Å². The van der Waals surface area contributed by atoms with E-state index in [1.165, 1.54) is 49.7 Å². The fraction of sp³-hybridized carbons (Fsp3) is 0.513. The van der Waals surface area contributed by atoms with E-state index in [1.54, 1.807) is 13.2 Å². The van der Waals surface area contributed by atoms with E-state index in [0.717, 1.165) is 46.8 Å². The van der Waals surface area contributed by atoms with Crippen LogP contribution in [0.4, 0.5) is 0 Å². The van der Waals surface area contributed by atoms with Crippen molar-refractivity contribution in [2.75, 3.05) is 7.11 Å². The standard InChI is InChI=1S/C39H54O3/c1-9-11-13-16-30(10-2)25-39(6,7)26-32-23-36(28(3)4)34(35-20-19-33(41-8)24-37(35)29(32)5)21-22-38(40)42-27-31-17-14-12-15-18-31/h12,14-15,17-22,24,29-30,32H,3,9-11,13,16,23,25-27H2,1-2,4-8H3/b22-21-. The van der Waals surface area contributed by atoms with E-state index >= 15 is 0 Å². The van der Waals surface area contributed by atoms with Crippen molar-refractivity contribution in [3.05, 3.63) is 95.1 Å². The zero-order valence-electron chi connectivity index (χ0n) is 27.3. The van der Waals surface area contributed by atoms with Crippen molar-refractivity contribution in [2.45, 2.75) is 105 Å². The van der Waals surface area contributed by atoms with Crippen LogP contribution in [0.15, 0.2) is 78.4 Å². The molecule has 0 spiro atoms. The number of carbonyl (C=O) groups excluding carboxylic acids is 1. The number of ether oxygens (including phenoxy) is 2. The van der Waals surface area contributed by atoms with Gasteiger partial charge in [-0.25, -0.2) is 4.79 Å². The van der Waals surface area contributed by atoms with Crippen molar-refractivity contribution in [3.63, 3.8) is 0 Å². The molecule has 3 rings (SSSR count). The van der Waals surface area contributed by atoms with Crippen LogP contribution in [0.3, 0.4) is 0 Å². The largest absolute Gasteiger partial charge is 0.497 e. The summed E-state index contributed by atoms with van der Waals surface area (Å²) in [5.74, 6) is 2.08. The molecule has 0 bridgehead atoms. The second kappa shape index (κ2) is 16.0. The SMILES string of the molecule is C=C(C)C1=C(/C=C\C(=O)OCc2ccccc2)c2ccc(OC)cc2C(C)C(CC(C)(C)CC(CC)CCCCC)C1. The molecule has 3 atom stereocenters. The Bertz CT molecular complexity index is 1230. The lowest BCUT2D eigenvalue weighted by Gasteiger charge is -2.36. The van der Waals surface area contributed by atoms with Gasteiger partial charge in [-0.05, 0) is 95.4 Å². The van der Waals surface area contributed by atoms with Gasteiger partial charge in [-0.1, -0.05) is 115 Å². The predicted octanol–water partition coefficient (Wildman–Crippen LogP) is 10.9. The topological polar surface area (TPSA) is 35.5 Å². The fourth-order valence-corrected chi connectivity index (χ4v) is 6.73. The fourth-order valence-electron chi connectivity index (χ4n) is 6.73. The third-order valence-corrected chi connectivity index (χ3v) is 9.11. The molecule has 0 radical (unpaired) electrons. The van der Waals surface area contributed by atoms with Gasteiger partial charge in [-0.2, -0.15) is 0 Å². The van der Waals surface area contributed by atoms with Gasteiger partial charge >= 0.3 is 5.97 Å². The van der Waals surface area contributed by atoms with Crippen LogP contribution < -0.4 is 4.74 Å². The summed E-state index contributed by atoms with van der Waals surface area (Å²) in [6.07, 6.45) is 13.4. The molecule has 0 aliphatic heterocycles. The van der Waals surface area contributed by atoms with Gasteiger partial charge in [-0.3, -0.25) is 0 Å². The number of benzene rings is 2. The van der Waals surface area contributed by atoms with E-state index in [-0.39, 0.29) is 18.0 Å². The molecule has 0 saturated heterocycles. The van der Waals surface area contributed by atoms with Gasteiger partial charge < -0.3 is 9.47 Å². The molecule has 0 saturated carbocycles. The van der Waals surface area contributed by atoms with Crippen LogP contribution in [0.2, 0.25) is 0 Å². The minimum absolute atomic E-state index is 0.229. The van der Waals surface area contributed by atoms with Gasteiger partial charge in [0.2, 0.25) is 0 Å². The number of esters is 1.